The van der Waals surface area contributed by atoms with Gasteiger partial charge in [0.1, 0.15) is 5.75 Å². The number of benzene rings is 1. The van der Waals surface area contributed by atoms with Gasteiger partial charge >= 0.3 is 0 Å². The molecule has 0 bridgehead atoms. The Balaban J connectivity index is 2.34. The van der Waals surface area contributed by atoms with E-state index in [9.17, 15) is 0 Å². The predicted octanol–water partition coefficient (Wildman–Crippen LogP) is 3.89. The van der Waals surface area contributed by atoms with E-state index in [1.54, 1.807) is 6.20 Å². The molecule has 0 radical (unpaired) electrons. The maximum Gasteiger partial charge on any atom is 0.222 e. The number of hydrogen-bond acceptors (Lipinski definition) is 3. The van der Waals surface area contributed by atoms with Gasteiger partial charge in [-0.25, -0.2) is 4.98 Å². The van der Waals surface area contributed by atoms with Crippen LogP contribution in [-0.2, 0) is 0 Å². The number of aromatic nitrogens is 1. The Kier molecular flexibility index (Phi) is 3.51. The number of ether oxygens (including phenoxy) is 1. The zero-order chi connectivity index (χ0) is 13.1. The van der Waals surface area contributed by atoms with Gasteiger partial charge in [0.25, 0.3) is 0 Å². The number of nitrogens with zero attached hydrogens (tertiary/aromatic N) is 1. The maximum absolute atomic E-state index is 5.89. The Hall–Kier alpha value is -2.03. The number of pyridine rings is 1. The van der Waals surface area contributed by atoms with Crippen molar-refractivity contribution < 1.29 is 4.74 Å². The largest absolute Gasteiger partial charge is 0.438 e. The maximum atomic E-state index is 5.89. The molecule has 18 heavy (non-hydrogen) atoms. The molecule has 1 aromatic carbocycles. The zero-order valence-electron chi connectivity index (χ0n) is 11.0. The van der Waals surface area contributed by atoms with E-state index >= 15 is 0 Å². The summed E-state index contributed by atoms with van der Waals surface area (Å²) in [5.41, 5.74) is 8.45. The lowest BCUT2D eigenvalue weighted by Crippen LogP contribution is -1.97. The average Bonchev–Trinajstić information content (AvgIpc) is 2.33. The number of rotatable bonds is 3. The van der Waals surface area contributed by atoms with Gasteiger partial charge in [0, 0.05) is 5.56 Å². The van der Waals surface area contributed by atoms with Crippen LogP contribution in [0.1, 0.15) is 30.9 Å². The molecule has 2 N–H and O–H groups in total. The number of nitrogen functional groups attached to an aromatic ring is 1. The van der Waals surface area contributed by atoms with Gasteiger partial charge in [-0.1, -0.05) is 32.0 Å². The fourth-order valence-electron chi connectivity index (χ4n) is 1.85. The first-order chi connectivity index (χ1) is 8.58. The van der Waals surface area contributed by atoms with Gasteiger partial charge in [0.15, 0.2) is 0 Å². The predicted molar refractivity (Wildman–Crippen MR) is 74.0 cm³/mol. The smallest absolute Gasteiger partial charge is 0.222 e. The van der Waals surface area contributed by atoms with E-state index in [1.165, 1.54) is 5.56 Å². The summed E-state index contributed by atoms with van der Waals surface area (Å²) in [6.45, 7) is 6.23. The van der Waals surface area contributed by atoms with Crippen LogP contribution in [0.15, 0.2) is 36.5 Å². The first-order valence-electron chi connectivity index (χ1n) is 6.07. The van der Waals surface area contributed by atoms with Crippen molar-refractivity contribution in [3.05, 3.63) is 47.7 Å². The second-order valence-corrected chi connectivity index (χ2v) is 4.69. The van der Waals surface area contributed by atoms with E-state index in [2.05, 4.69) is 24.9 Å². The lowest BCUT2D eigenvalue weighted by atomic mass is 10.0. The summed E-state index contributed by atoms with van der Waals surface area (Å²) in [4.78, 5) is 4.23. The Labute approximate surface area is 108 Å². The fourth-order valence-corrected chi connectivity index (χ4v) is 1.85. The van der Waals surface area contributed by atoms with E-state index in [-0.39, 0.29) is 0 Å². The average molecular weight is 242 g/mol. The molecule has 0 fully saturated rings. The van der Waals surface area contributed by atoms with Crippen LogP contribution in [-0.4, -0.2) is 4.98 Å². The van der Waals surface area contributed by atoms with Crippen molar-refractivity contribution in [2.45, 2.75) is 26.7 Å². The molecular weight excluding hydrogens is 224 g/mol. The summed E-state index contributed by atoms with van der Waals surface area (Å²) in [6.07, 6.45) is 1.61. The molecule has 0 aliphatic rings. The molecule has 3 nitrogen and oxygen atoms in total. The minimum absolute atomic E-state index is 0.412. The topological polar surface area (TPSA) is 48.1 Å². The molecule has 0 unspecified atom stereocenters. The number of para-hydroxylation sites is 1. The molecule has 0 aliphatic heterocycles. The third kappa shape index (κ3) is 2.62. The third-order valence-electron chi connectivity index (χ3n) is 2.80. The fraction of sp³-hybridized carbons (Fsp3) is 0.267. The Morgan fingerprint density at radius 3 is 2.61 bits per heavy atom. The van der Waals surface area contributed by atoms with Crippen LogP contribution in [0.5, 0.6) is 11.6 Å². The van der Waals surface area contributed by atoms with E-state index in [0.717, 1.165) is 11.3 Å². The van der Waals surface area contributed by atoms with Gasteiger partial charge in [0.2, 0.25) is 5.88 Å². The Morgan fingerprint density at radius 1 is 1.22 bits per heavy atom. The molecule has 0 saturated carbocycles. The van der Waals surface area contributed by atoms with Crippen molar-refractivity contribution in [3.8, 4) is 11.6 Å². The van der Waals surface area contributed by atoms with Crippen LogP contribution < -0.4 is 10.5 Å². The minimum Gasteiger partial charge on any atom is -0.438 e. The molecule has 3 heteroatoms. The monoisotopic (exact) mass is 242 g/mol. The minimum atomic E-state index is 0.412. The zero-order valence-corrected chi connectivity index (χ0v) is 11.0. The molecule has 1 heterocycles. The second-order valence-electron chi connectivity index (χ2n) is 4.69. The third-order valence-corrected chi connectivity index (χ3v) is 2.80. The van der Waals surface area contributed by atoms with Crippen molar-refractivity contribution in [2.24, 2.45) is 0 Å². The first-order valence-corrected chi connectivity index (χ1v) is 6.07. The number of nitrogens with two attached hydrogens (primary N) is 1. The van der Waals surface area contributed by atoms with Gasteiger partial charge < -0.3 is 10.5 Å². The SMILES string of the molecule is Cc1cc(N)cnc1Oc1ccccc1C(C)C. The lowest BCUT2D eigenvalue weighted by Gasteiger charge is -2.14. The van der Waals surface area contributed by atoms with Gasteiger partial charge in [-0.2, -0.15) is 0 Å². The molecule has 2 rings (SSSR count). The first kappa shape index (κ1) is 12.4. The highest BCUT2D eigenvalue weighted by molar-refractivity contribution is 5.44. The second kappa shape index (κ2) is 5.08. The highest BCUT2D eigenvalue weighted by atomic mass is 16.5. The standard InChI is InChI=1S/C15H18N2O/c1-10(2)13-6-4-5-7-14(13)18-15-11(3)8-12(16)9-17-15/h4-10H,16H2,1-3H3. The summed E-state index contributed by atoms with van der Waals surface area (Å²) in [7, 11) is 0. The lowest BCUT2D eigenvalue weighted by molar-refractivity contribution is 0.451. The molecule has 0 aliphatic carbocycles. The summed E-state index contributed by atoms with van der Waals surface area (Å²) in [5.74, 6) is 1.88. The summed E-state index contributed by atoms with van der Waals surface area (Å²) in [5, 5.41) is 0. The van der Waals surface area contributed by atoms with Crippen molar-refractivity contribution in [2.75, 3.05) is 5.73 Å². The molecule has 0 atom stereocenters. The molecule has 1 aromatic heterocycles. The van der Waals surface area contributed by atoms with Gasteiger partial charge in [0.05, 0.1) is 11.9 Å². The van der Waals surface area contributed by atoms with Crippen LogP contribution in [0.2, 0.25) is 0 Å². The van der Waals surface area contributed by atoms with E-state index in [4.69, 9.17) is 10.5 Å². The van der Waals surface area contributed by atoms with E-state index in [1.807, 2.05) is 31.2 Å². The van der Waals surface area contributed by atoms with Crippen LogP contribution in [0.3, 0.4) is 0 Å². The molecular formula is C15H18N2O. The molecule has 94 valence electrons. The van der Waals surface area contributed by atoms with Crippen LogP contribution in [0.25, 0.3) is 0 Å². The van der Waals surface area contributed by atoms with Crippen molar-refractivity contribution in [1.29, 1.82) is 0 Å². The Bertz CT molecular complexity index is 550. The number of hydrogen-bond donors (Lipinski definition) is 1. The quantitative estimate of drug-likeness (QED) is 0.888. The van der Waals surface area contributed by atoms with Crippen LogP contribution >= 0.6 is 0 Å². The molecule has 0 amide bonds. The van der Waals surface area contributed by atoms with Crippen molar-refractivity contribution >= 4 is 5.69 Å². The van der Waals surface area contributed by atoms with Crippen LogP contribution in [0, 0.1) is 6.92 Å². The highest BCUT2D eigenvalue weighted by Gasteiger charge is 2.10. The van der Waals surface area contributed by atoms with Crippen molar-refractivity contribution in [3.63, 3.8) is 0 Å². The van der Waals surface area contributed by atoms with Gasteiger partial charge in [-0.3, -0.25) is 0 Å². The molecule has 2 aromatic rings. The van der Waals surface area contributed by atoms with Gasteiger partial charge in [-0.15, -0.1) is 0 Å². The summed E-state index contributed by atoms with van der Waals surface area (Å²) >= 11 is 0. The Morgan fingerprint density at radius 2 is 1.94 bits per heavy atom. The van der Waals surface area contributed by atoms with Gasteiger partial charge in [-0.05, 0) is 30.5 Å². The van der Waals surface area contributed by atoms with Crippen LogP contribution in [0.4, 0.5) is 5.69 Å². The molecule has 0 saturated heterocycles. The number of aryl methyl sites for hydroxylation is 1. The highest BCUT2D eigenvalue weighted by Crippen LogP contribution is 2.30. The van der Waals surface area contributed by atoms with Crippen molar-refractivity contribution in [1.82, 2.24) is 4.98 Å². The van der Waals surface area contributed by atoms with E-state index < -0.39 is 0 Å². The molecule has 0 spiro atoms. The number of anilines is 1. The normalized spacial score (nSPS) is 10.7. The summed E-state index contributed by atoms with van der Waals surface area (Å²) in [6, 6.07) is 9.89. The summed E-state index contributed by atoms with van der Waals surface area (Å²) < 4.78 is 5.89. The van der Waals surface area contributed by atoms with E-state index in [0.29, 0.717) is 17.5 Å².